The molecule has 1 fully saturated rings. The van der Waals surface area contributed by atoms with E-state index in [2.05, 4.69) is 21.0 Å². The fourth-order valence-corrected chi connectivity index (χ4v) is 2.67. The molecule has 1 aliphatic rings. The molecule has 0 saturated heterocycles. The van der Waals surface area contributed by atoms with E-state index in [0.29, 0.717) is 17.9 Å². The van der Waals surface area contributed by atoms with Crippen LogP contribution < -0.4 is 10.9 Å². The number of carboxylic acids is 1. The summed E-state index contributed by atoms with van der Waals surface area (Å²) >= 11 is 11.5. The quantitative estimate of drug-likeness (QED) is 0.702. The van der Waals surface area contributed by atoms with Crippen molar-refractivity contribution in [2.45, 2.75) is 18.3 Å². The summed E-state index contributed by atoms with van der Waals surface area (Å²) in [5.74, 6) is -1.60. The van der Waals surface area contributed by atoms with Crippen LogP contribution in [-0.4, -0.2) is 27.2 Å². The van der Waals surface area contributed by atoms with E-state index in [4.69, 9.17) is 28.3 Å². The van der Waals surface area contributed by atoms with E-state index in [9.17, 15) is 9.59 Å². The number of hydrazine groups is 1. The van der Waals surface area contributed by atoms with Crippen LogP contribution in [0.15, 0.2) is 30.3 Å². The van der Waals surface area contributed by atoms with Gasteiger partial charge in [0.1, 0.15) is 5.56 Å². The summed E-state index contributed by atoms with van der Waals surface area (Å²) in [4.78, 5) is 23.7. The van der Waals surface area contributed by atoms with Gasteiger partial charge in [0.2, 0.25) is 5.91 Å². The van der Waals surface area contributed by atoms with Crippen molar-refractivity contribution in [3.05, 3.63) is 51.6 Å². The number of carboxylic acid groups (broad SMARTS) is 1. The molecule has 1 aromatic carbocycles. The first kappa shape index (κ1) is 16.5. The van der Waals surface area contributed by atoms with Crippen molar-refractivity contribution in [1.29, 1.82) is 0 Å². The number of nitrogens with one attached hydrogen (secondary N) is 2. The van der Waals surface area contributed by atoms with Gasteiger partial charge >= 0.3 is 5.97 Å². The monoisotopic (exact) mass is 366 g/mol. The number of benzene rings is 1. The molecular formula is C15H12Cl2N4O3. The Balaban J connectivity index is 1.75. The predicted octanol–water partition coefficient (Wildman–Crippen LogP) is 2.66. The number of carbonyl (C=O) groups is 2. The van der Waals surface area contributed by atoms with Crippen LogP contribution in [0.5, 0.6) is 0 Å². The van der Waals surface area contributed by atoms with Crippen molar-refractivity contribution in [3.8, 4) is 0 Å². The van der Waals surface area contributed by atoms with Crippen molar-refractivity contribution in [1.82, 2.24) is 15.6 Å². The first-order valence-electron chi connectivity index (χ1n) is 7.01. The molecule has 3 rings (SSSR count). The summed E-state index contributed by atoms with van der Waals surface area (Å²) in [6.07, 6.45) is 1.39. The number of hydrogen-bond acceptors (Lipinski definition) is 5. The predicted molar refractivity (Wildman–Crippen MR) is 88.1 cm³/mol. The second kappa shape index (κ2) is 6.26. The summed E-state index contributed by atoms with van der Waals surface area (Å²) in [7, 11) is 0. The van der Waals surface area contributed by atoms with Crippen LogP contribution in [0, 0.1) is 0 Å². The Kier molecular flexibility index (Phi) is 4.29. The summed E-state index contributed by atoms with van der Waals surface area (Å²) < 4.78 is 0. The number of anilines is 1. The highest BCUT2D eigenvalue weighted by Gasteiger charge is 2.51. The van der Waals surface area contributed by atoms with Crippen LogP contribution in [0.2, 0.25) is 10.2 Å². The van der Waals surface area contributed by atoms with Gasteiger partial charge in [-0.25, -0.2) is 4.79 Å². The van der Waals surface area contributed by atoms with Gasteiger partial charge in [-0.1, -0.05) is 35.3 Å². The molecular weight excluding hydrogens is 355 g/mol. The van der Waals surface area contributed by atoms with Crippen LogP contribution in [0.4, 0.5) is 5.82 Å². The summed E-state index contributed by atoms with van der Waals surface area (Å²) in [5, 5.41) is 16.9. The van der Waals surface area contributed by atoms with Gasteiger partial charge < -0.3 is 5.11 Å². The number of carbonyl (C=O) groups excluding carboxylic acids is 1. The molecule has 1 aromatic heterocycles. The zero-order chi connectivity index (χ0) is 17.3. The van der Waals surface area contributed by atoms with Gasteiger partial charge in [-0.2, -0.15) is 0 Å². The number of hydrogen-bond donors (Lipinski definition) is 3. The Hall–Kier alpha value is -2.38. The van der Waals surface area contributed by atoms with Crippen LogP contribution in [0.1, 0.15) is 28.8 Å². The molecule has 0 spiro atoms. The Labute approximate surface area is 147 Å². The summed E-state index contributed by atoms with van der Waals surface area (Å²) in [6, 6.07) is 8.21. The standard InChI is InChI=1S/C15H12Cl2N4O3/c16-9-3-1-8(2-4-9)15(5-6-15)14(24)21-20-12-10(13(22)23)7-11(17)18-19-12/h1-4,7H,5-6H2,(H,19,20)(H,21,24)(H,22,23). The average Bonchev–Trinajstić information content (AvgIpc) is 3.35. The number of halogens is 2. The Bertz CT molecular complexity index is 807. The Morgan fingerprint density at radius 2 is 1.79 bits per heavy atom. The van der Waals surface area contributed by atoms with Crippen molar-refractivity contribution >= 4 is 40.9 Å². The van der Waals surface area contributed by atoms with E-state index >= 15 is 0 Å². The normalized spacial score (nSPS) is 14.8. The molecule has 24 heavy (non-hydrogen) atoms. The summed E-state index contributed by atoms with van der Waals surface area (Å²) in [5.41, 5.74) is 5.04. The lowest BCUT2D eigenvalue weighted by Gasteiger charge is -2.17. The van der Waals surface area contributed by atoms with Crippen molar-refractivity contribution < 1.29 is 14.7 Å². The van der Waals surface area contributed by atoms with Gasteiger partial charge in [0.05, 0.1) is 5.41 Å². The highest BCUT2D eigenvalue weighted by atomic mass is 35.5. The average molecular weight is 367 g/mol. The second-order valence-corrected chi connectivity index (χ2v) is 6.23. The number of amides is 1. The second-order valence-electron chi connectivity index (χ2n) is 5.40. The van der Waals surface area contributed by atoms with Gasteiger partial charge in [0.25, 0.3) is 0 Å². The zero-order valence-corrected chi connectivity index (χ0v) is 13.7. The molecule has 2 aromatic rings. The van der Waals surface area contributed by atoms with E-state index in [1.54, 1.807) is 24.3 Å². The Morgan fingerprint density at radius 3 is 2.38 bits per heavy atom. The first-order chi connectivity index (χ1) is 11.4. The zero-order valence-electron chi connectivity index (χ0n) is 12.2. The van der Waals surface area contributed by atoms with E-state index < -0.39 is 11.4 Å². The summed E-state index contributed by atoms with van der Waals surface area (Å²) in [6.45, 7) is 0. The molecule has 9 heteroatoms. The fourth-order valence-electron chi connectivity index (χ4n) is 2.40. The lowest BCUT2D eigenvalue weighted by Crippen LogP contribution is -2.39. The highest BCUT2D eigenvalue weighted by molar-refractivity contribution is 6.30. The molecule has 1 amide bonds. The fraction of sp³-hybridized carbons (Fsp3) is 0.200. The lowest BCUT2D eigenvalue weighted by atomic mass is 9.95. The minimum Gasteiger partial charge on any atom is -0.478 e. The smallest absolute Gasteiger partial charge is 0.339 e. The minimum atomic E-state index is -1.23. The molecule has 1 saturated carbocycles. The number of aromatic nitrogens is 2. The van der Waals surface area contributed by atoms with E-state index in [1.165, 1.54) is 0 Å². The molecule has 0 aliphatic heterocycles. The van der Waals surface area contributed by atoms with Gasteiger partial charge in [0.15, 0.2) is 11.0 Å². The molecule has 1 heterocycles. The van der Waals surface area contributed by atoms with E-state index in [1.807, 2.05) is 0 Å². The third-order valence-electron chi connectivity index (χ3n) is 3.87. The van der Waals surface area contributed by atoms with Crippen molar-refractivity contribution in [2.75, 3.05) is 5.43 Å². The van der Waals surface area contributed by atoms with Crippen LogP contribution >= 0.6 is 23.2 Å². The van der Waals surface area contributed by atoms with E-state index in [-0.39, 0.29) is 22.4 Å². The lowest BCUT2D eigenvalue weighted by molar-refractivity contribution is -0.123. The molecule has 0 atom stereocenters. The van der Waals surface area contributed by atoms with Crippen molar-refractivity contribution in [3.63, 3.8) is 0 Å². The maximum Gasteiger partial charge on any atom is 0.339 e. The number of nitrogens with zero attached hydrogens (tertiary/aromatic N) is 2. The third-order valence-corrected chi connectivity index (χ3v) is 4.31. The van der Waals surface area contributed by atoms with E-state index in [0.717, 1.165) is 11.6 Å². The van der Waals surface area contributed by atoms with Crippen molar-refractivity contribution in [2.24, 2.45) is 0 Å². The number of aromatic carboxylic acids is 1. The number of rotatable bonds is 5. The molecule has 0 bridgehead atoms. The SMILES string of the molecule is O=C(O)c1cc(Cl)nnc1NNC(=O)C1(c2ccc(Cl)cc2)CC1. The molecule has 124 valence electrons. The maximum absolute atomic E-state index is 12.5. The third kappa shape index (κ3) is 3.13. The van der Waals surface area contributed by atoms with Gasteiger partial charge in [0, 0.05) is 5.02 Å². The molecule has 7 nitrogen and oxygen atoms in total. The first-order valence-corrected chi connectivity index (χ1v) is 7.77. The van der Waals surface area contributed by atoms with Gasteiger partial charge in [-0.05, 0) is 36.6 Å². The molecule has 0 radical (unpaired) electrons. The topological polar surface area (TPSA) is 104 Å². The molecule has 0 unspecified atom stereocenters. The maximum atomic E-state index is 12.5. The van der Waals surface area contributed by atoms with Crippen LogP contribution in [0.3, 0.4) is 0 Å². The minimum absolute atomic E-state index is 0.0518. The largest absolute Gasteiger partial charge is 0.478 e. The van der Waals surface area contributed by atoms with Gasteiger partial charge in [-0.3, -0.25) is 15.6 Å². The van der Waals surface area contributed by atoms with Crippen LogP contribution in [-0.2, 0) is 10.2 Å². The Morgan fingerprint density at radius 1 is 1.12 bits per heavy atom. The molecule has 1 aliphatic carbocycles. The highest BCUT2D eigenvalue weighted by Crippen LogP contribution is 2.48. The van der Waals surface area contributed by atoms with Crippen LogP contribution in [0.25, 0.3) is 0 Å². The van der Waals surface area contributed by atoms with Gasteiger partial charge in [-0.15, -0.1) is 10.2 Å². The molecule has 3 N–H and O–H groups in total.